The van der Waals surface area contributed by atoms with E-state index in [1.807, 2.05) is 36.4 Å². The molecule has 1 aromatic heterocycles. The van der Waals surface area contributed by atoms with E-state index in [1.165, 1.54) is 11.3 Å². The van der Waals surface area contributed by atoms with Crippen LogP contribution in [0.15, 0.2) is 54.6 Å². The first-order valence-corrected chi connectivity index (χ1v) is 8.43. The van der Waals surface area contributed by atoms with Crippen LogP contribution in [0.2, 0.25) is 0 Å². The Labute approximate surface area is 143 Å². The van der Waals surface area contributed by atoms with Gasteiger partial charge in [-0.2, -0.15) is 0 Å². The van der Waals surface area contributed by atoms with Crippen LogP contribution in [0.5, 0.6) is 11.5 Å². The van der Waals surface area contributed by atoms with Crippen molar-refractivity contribution in [3.05, 3.63) is 65.7 Å². The Morgan fingerprint density at radius 2 is 1.71 bits per heavy atom. The van der Waals surface area contributed by atoms with Gasteiger partial charge in [0.2, 0.25) is 0 Å². The van der Waals surface area contributed by atoms with Crippen LogP contribution >= 0.6 is 11.3 Å². The van der Waals surface area contributed by atoms with E-state index in [-0.39, 0.29) is 5.78 Å². The SMILES string of the molecule is Nc1sc(-c2ccccc2)cc1C(=O)c1ccc2c(c1)OCCO2. The molecule has 0 atom stereocenters. The zero-order chi connectivity index (χ0) is 16.5. The quantitative estimate of drug-likeness (QED) is 0.734. The summed E-state index contributed by atoms with van der Waals surface area (Å²) in [4.78, 5) is 13.8. The maximum Gasteiger partial charge on any atom is 0.196 e. The minimum Gasteiger partial charge on any atom is -0.486 e. The number of carbonyl (C=O) groups excluding carboxylic acids is 1. The van der Waals surface area contributed by atoms with Crippen molar-refractivity contribution >= 4 is 22.1 Å². The van der Waals surface area contributed by atoms with Crippen molar-refractivity contribution in [2.45, 2.75) is 0 Å². The second-order valence-corrected chi connectivity index (χ2v) is 6.53. The van der Waals surface area contributed by atoms with E-state index < -0.39 is 0 Å². The normalized spacial score (nSPS) is 12.8. The topological polar surface area (TPSA) is 61.6 Å². The Hall–Kier alpha value is -2.79. The summed E-state index contributed by atoms with van der Waals surface area (Å²) in [6.45, 7) is 1.02. The summed E-state index contributed by atoms with van der Waals surface area (Å²) in [6.07, 6.45) is 0. The standard InChI is InChI=1S/C19H15NO3S/c20-19-14(11-17(24-19)12-4-2-1-3-5-12)18(21)13-6-7-15-16(10-13)23-9-8-22-15/h1-7,10-11H,8-9,20H2. The van der Waals surface area contributed by atoms with Gasteiger partial charge in [0.05, 0.1) is 10.6 Å². The van der Waals surface area contributed by atoms with Crippen molar-refractivity contribution in [3.8, 4) is 21.9 Å². The van der Waals surface area contributed by atoms with Crippen LogP contribution in [0.25, 0.3) is 10.4 Å². The largest absolute Gasteiger partial charge is 0.486 e. The zero-order valence-corrected chi connectivity index (χ0v) is 13.6. The van der Waals surface area contributed by atoms with Crippen LogP contribution in [0.3, 0.4) is 0 Å². The molecule has 4 rings (SSSR count). The molecule has 120 valence electrons. The molecule has 2 N–H and O–H groups in total. The second-order valence-electron chi connectivity index (χ2n) is 5.44. The lowest BCUT2D eigenvalue weighted by molar-refractivity contribution is 0.103. The summed E-state index contributed by atoms with van der Waals surface area (Å²) in [5.41, 5.74) is 8.22. The number of hydrogen-bond donors (Lipinski definition) is 1. The average Bonchev–Trinajstić information content (AvgIpc) is 3.03. The van der Waals surface area contributed by atoms with Crippen LogP contribution in [-0.2, 0) is 0 Å². The molecule has 0 saturated carbocycles. The smallest absolute Gasteiger partial charge is 0.196 e. The molecule has 1 aliphatic rings. The molecule has 0 spiro atoms. The van der Waals surface area contributed by atoms with Gasteiger partial charge in [0.15, 0.2) is 17.3 Å². The Balaban J connectivity index is 1.69. The Kier molecular flexibility index (Phi) is 3.70. The van der Waals surface area contributed by atoms with E-state index in [2.05, 4.69) is 0 Å². The van der Waals surface area contributed by atoms with Gasteiger partial charge in [0.1, 0.15) is 13.2 Å². The summed E-state index contributed by atoms with van der Waals surface area (Å²) in [6, 6.07) is 17.0. The van der Waals surface area contributed by atoms with Gasteiger partial charge in [0, 0.05) is 10.4 Å². The predicted molar refractivity (Wildman–Crippen MR) is 95.0 cm³/mol. The molecule has 0 bridgehead atoms. The highest BCUT2D eigenvalue weighted by Gasteiger charge is 2.20. The van der Waals surface area contributed by atoms with Crippen molar-refractivity contribution in [3.63, 3.8) is 0 Å². The van der Waals surface area contributed by atoms with E-state index in [1.54, 1.807) is 18.2 Å². The number of ketones is 1. The number of benzene rings is 2. The van der Waals surface area contributed by atoms with E-state index in [0.29, 0.717) is 40.8 Å². The Morgan fingerprint density at radius 1 is 0.958 bits per heavy atom. The summed E-state index contributed by atoms with van der Waals surface area (Å²) in [5, 5.41) is 0.522. The third kappa shape index (κ3) is 2.63. The average molecular weight is 337 g/mol. The molecule has 0 saturated heterocycles. The number of rotatable bonds is 3. The monoisotopic (exact) mass is 337 g/mol. The van der Waals surface area contributed by atoms with Crippen molar-refractivity contribution in [2.24, 2.45) is 0 Å². The molecule has 5 heteroatoms. The minimum absolute atomic E-state index is 0.108. The number of fused-ring (bicyclic) bond motifs is 1. The molecule has 24 heavy (non-hydrogen) atoms. The summed E-state index contributed by atoms with van der Waals surface area (Å²) in [5.74, 6) is 1.16. The van der Waals surface area contributed by atoms with E-state index in [0.717, 1.165) is 10.4 Å². The molecular formula is C19H15NO3S. The highest BCUT2D eigenvalue weighted by molar-refractivity contribution is 7.19. The number of carbonyl (C=O) groups is 1. The fourth-order valence-corrected chi connectivity index (χ4v) is 3.60. The van der Waals surface area contributed by atoms with Gasteiger partial charge in [0.25, 0.3) is 0 Å². The van der Waals surface area contributed by atoms with Crippen LogP contribution in [0.1, 0.15) is 15.9 Å². The van der Waals surface area contributed by atoms with E-state index >= 15 is 0 Å². The lowest BCUT2D eigenvalue weighted by Crippen LogP contribution is -2.16. The van der Waals surface area contributed by atoms with Gasteiger partial charge in [-0.15, -0.1) is 11.3 Å². The highest BCUT2D eigenvalue weighted by Crippen LogP contribution is 2.36. The molecule has 0 amide bonds. The Bertz CT molecular complexity index is 902. The molecule has 2 heterocycles. The van der Waals surface area contributed by atoms with Gasteiger partial charge in [-0.3, -0.25) is 4.79 Å². The molecule has 0 aliphatic carbocycles. The van der Waals surface area contributed by atoms with Crippen LogP contribution in [0.4, 0.5) is 5.00 Å². The number of nitrogens with two attached hydrogens (primary N) is 1. The van der Waals surface area contributed by atoms with Gasteiger partial charge < -0.3 is 15.2 Å². The number of thiophene rings is 1. The van der Waals surface area contributed by atoms with Crippen molar-refractivity contribution in [2.75, 3.05) is 18.9 Å². The summed E-state index contributed by atoms with van der Waals surface area (Å²) < 4.78 is 11.0. The molecular weight excluding hydrogens is 322 g/mol. The number of nitrogen functional groups attached to an aromatic ring is 1. The van der Waals surface area contributed by atoms with Crippen molar-refractivity contribution in [1.82, 2.24) is 0 Å². The fraction of sp³-hybridized carbons (Fsp3) is 0.105. The molecule has 0 unspecified atom stereocenters. The van der Waals surface area contributed by atoms with E-state index in [9.17, 15) is 4.79 Å². The highest BCUT2D eigenvalue weighted by atomic mass is 32.1. The fourth-order valence-electron chi connectivity index (χ4n) is 2.67. The molecule has 3 aromatic rings. The first-order chi connectivity index (χ1) is 11.7. The maximum absolute atomic E-state index is 12.8. The zero-order valence-electron chi connectivity index (χ0n) is 12.8. The van der Waals surface area contributed by atoms with Gasteiger partial charge in [-0.05, 0) is 29.8 Å². The van der Waals surface area contributed by atoms with Gasteiger partial charge in [-0.1, -0.05) is 30.3 Å². The molecule has 0 fully saturated rings. The van der Waals surface area contributed by atoms with E-state index in [4.69, 9.17) is 15.2 Å². The Morgan fingerprint density at radius 3 is 2.50 bits per heavy atom. The van der Waals surface area contributed by atoms with Crippen LogP contribution in [-0.4, -0.2) is 19.0 Å². The molecule has 1 aliphatic heterocycles. The van der Waals surface area contributed by atoms with Crippen LogP contribution < -0.4 is 15.2 Å². The number of hydrogen-bond acceptors (Lipinski definition) is 5. The van der Waals surface area contributed by atoms with Crippen LogP contribution in [0, 0.1) is 0 Å². The number of ether oxygens (including phenoxy) is 2. The van der Waals surface area contributed by atoms with Gasteiger partial charge in [-0.25, -0.2) is 0 Å². The third-order valence-corrected chi connectivity index (χ3v) is 4.88. The van der Waals surface area contributed by atoms with Gasteiger partial charge >= 0.3 is 0 Å². The van der Waals surface area contributed by atoms with Crippen molar-refractivity contribution < 1.29 is 14.3 Å². The lowest BCUT2D eigenvalue weighted by atomic mass is 10.0. The molecule has 2 aromatic carbocycles. The molecule has 0 radical (unpaired) electrons. The lowest BCUT2D eigenvalue weighted by Gasteiger charge is -2.18. The summed E-state index contributed by atoms with van der Waals surface area (Å²) in [7, 11) is 0. The third-order valence-electron chi connectivity index (χ3n) is 3.87. The minimum atomic E-state index is -0.108. The predicted octanol–water partition coefficient (Wildman–Crippen LogP) is 4.00. The first kappa shape index (κ1) is 14.8. The van der Waals surface area contributed by atoms with Crippen molar-refractivity contribution in [1.29, 1.82) is 0 Å². The summed E-state index contributed by atoms with van der Waals surface area (Å²) >= 11 is 1.42. The number of anilines is 1. The molecule has 4 nitrogen and oxygen atoms in total. The first-order valence-electron chi connectivity index (χ1n) is 7.61. The maximum atomic E-state index is 12.8. The second kappa shape index (κ2) is 6.02.